The Morgan fingerprint density at radius 3 is 1.75 bits per heavy atom. The van der Waals surface area contributed by atoms with Crippen LogP contribution in [0.1, 0.15) is 30.0 Å². The van der Waals surface area contributed by atoms with Gasteiger partial charge in [0.1, 0.15) is 0 Å². The third-order valence-corrected chi connectivity index (χ3v) is 3.43. The molecule has 6 heteroatoms. The summed E-state index contributed by atoms with van der Waals surface area (Å²) < 4.78 is 36.6. The van der Waals surface area contributed by atoms with E-state index in [1.807, 2.05) is 12.1 Å². The van der Waals surface area contributed by atoms with Gasteiger partial charge in [-0.05, 0) is 11.1 Å². The standard InChI is InChI=1S/C18H16F3NO2/c19-18(20,21)12-11-15(23)17(24)22-16(13-7-3-1-4-8-13)14-9-5-2-6-10-14/h1-10,16H,11-12H2,(H,22,24). The number of hydrogen-bond acceptors (Lipinski definition) is 2. The number of hydrogen-bond donors (Lipinski definition) is 1. The summed E-state index contributed by atoms with van der Waals surface area (Å²) in [7, 11) is 0. The van der Waals surface area contributed by atoms with Gasteiger partial charge in [-0.15, -0.1) is 0 Å². The number of nitrogens with one attached hydrogen (secondary N) is 1. The molecular formula is C18H16F3NO2. The van der Waals surface area contributed by atoms with Crippen LogP contribution >= 0.6 is 0 Å². The van der Waals surface area contributed by atoms with Crippen LogP contribution in [-0.4, -0.2) is 17.9 Å². The van der Waals surface area contributed by atoms with Gasteiger partial charge in [0.2, 0.25) is 5.78 Å². The molecule has 2 aromatic rings. The first-order valence-corrected chi connectivity index (χ1v) is 7.37. The minimum Gasteiger partial charge on any atom is -0.339 e. The van der Waals surface area contributed by atoms with Crippen molar-refractivity contribution in [3.63, 3.8) is 0 Å². The average Bonchev–Trinajstić information content (AvgIpc) is 2.58. The monoisotopic (exact) mass is 335 g/mol. The summed E-state index contributed by atoms with van der Waals surface area (Å²) in [6, 6.07) is 17.2. The molecule has 0 saturated heterocycles. The van der Waals surface area contributed by atoms with E-state index in [1.54, 1.807) is 48.5 Å². The van der Waals surface area contributed by atoms with E-state index < -0.39 is 36.8 Å². The first-order chi connectivity index (χ1) is 11.4. The van der Waals surface area contributed by atoms with Crippen molar-refractivity contribution >= 4 is 11.7 Å². The molecular weight excluding hydrogens is 319 g/mol. The highest BCUT2D eigenvalue weighted by atomic mass is 19.4. The molecule has 2 aromatic carbocycles. The molecule has 3 nitrogen and oxygen atoms in total. The van der Waals surface area contributed by atoms with E-state index in [0.717, 1.165) is 11.1 Å². The molecule has 0 aromatic heterocycles. The van der Waals surface area contributed by atoms with E-state index in [2.05, 4.69) is 5.32 Å². The molecule has 0 radical (unpaired) electrons. The zero-order chi connectivity index (χ0) is 17.6. The van der Waals surface area contributed by atoms with Gasteiger partial charge in [0, 0.05) is 6.42 Å². The summed E-state index contributed by atoms with van der Waals surface area (Å²) >= 11 is 0. The van der Waals surface area contributed by atoms with Gasteiger partial charge in [0.15, 0.2) is 0 Å². The molecule has 0 aliphatic heterocycles. The van der Waals surface area contributed by atoms with Crippen LogP contribution in [0.5, 0.6) is 0 Å². The molecule has 0 heterocycles. The van der Waals surface area contributed by atoms with Gasteiger partial charge >= 0.3 is 6.18 Å². The Hall–Kier alpha value is -2.63. The van der Waals surface area contributed by atoms with E-state index >= 15 is 0 Å². The predicted molar refractivity (Wildman–Crippen MR) is 83.2 cm³/mol. The van der Waals surface area contributed by atoms with Crippen LogP contribution in [0.15, 0.2) is 60.7 Å². The van der Waals surface area contributed by atoms with Crippen LogP contribution in [0.3, 0.4) is 0 Å². The lowest BCUT2D eigenvalue weighted by atomic mass is 9.98. The average molecular weight is 335 g/mol. The zero-order valence-corrected chi connectivity index (χ0v) is 12.7. The van der Waals surface area contributed by atoms with Crippen molar-refractivity contribution in [1.82, 2.24) is 5.32 Å². The summed E-state index contributed by atoms with van der Waals surface area (Å²) in [6.07, 6.45) is -6.62. The Morgan fingerprint density at radius 2 is 1.33 bits per heavy atom. The summed E-state index contributed by atoms with van der Waals surface area (Å²) in [6.45, 7) is 0. The lowest BCUT2D eigenvalue weighted by molar-refractivity contribution is -0.148. The van der Waals surface area contributed by atoms with E-state index in [4.69, 9.17) is 0 Å². The number of rotatable bonds is 6. The number of Topliss-reactive ketones (excluding diaryl/α,β-unsaturated/α-hetero) is 1. The largest absolute Gasteiger partial charge is 0.389 e. The van der Waals surface area contributed by atoms with Crippen LogP contribution in [0.25, 0.3) is 0 Å². The fourth-order valence-corrected chi connectivity index (χ4v) is 2.23. The highest BCUT2D eigenvalue weighted by Gasteiger charge is 2.30. The first kappa shape index (κ1) is 17.7. The van der Waals surface area contributed by atoms with E-state index in [9.17, 15) is 22.8 Å². The van der Waals surface area contributed by atoms with Gasteiger partial charge in [0.05, 0.1) is 12.5 Å². The van der Waals surface area contributed by atoms with Gasteiger partial charge in [-0.1, -0.05) is 60.7 Å². The molecule has 1 N–H and O–H groups in total. The topological polar surface area (TPSA) is 46.2 Å². The maximum absolute atomic E-state index is 12.2. The molecule has 0 fully saturated rings. The fraction of sp³-hybridized carbons (Fsp3) is 0.222. The molecule has 126 valence electrons. The predicted octanol–water partition coefficient (Wildman–Crippen LogP) is 3.80. The van der Waals surface area contributed by atoms with E-state index in [0.29, 0.717) is 0 Å². The minimum absolute atomic E-state index is 0.602. The van der Waals surface area contributed by atoms with Crippen molar-refractivity contribution in [2.75, 3.05) is 0 Å². The maximum Gasteiger partial charge on any atom is 0.389 e. The van der Waals surface area contributed by atoms with Gasteiger partial charge in [-0.2, -0.15) is 13.2 Å². The molecule has 0 unspecified atom stereocenters. The Morgan fingerprint density at radius 1 is 0.875 bits per heavy atom. The molecule has 0 bridgehead atoms. The van der Waals surface area contributed by atoms with Gasteiger partial charge < -0.3 is 5.32 Å². The van der Waals surface area contributed by atoms with Crippen molar-refractivity contribution < 1.29 is 22.8 Å². The molecule has 1 amide bonds. The zero-order valence-electron chi connectivity index (χ0n) is 12.7. The lowest BCUT2D eigenvalue weighted by Crippen LogP contribution is -2.35. The summed E-state index contributed by atoms with van der Waals surface area (Å²) in [5.74, 6) is -2.10. The molecule has 0 aliphatic rings. The summed E-state index contributed by atoms with van der Waals surface area (Å²) in [4.78, 5) is 23.7. The Labute approximate surface area is 137 Å². The van der Waals surface area contributed by atoms with Crippen LogP contribution in [0, 0.1) is 0 Å². The fourth-order valence-electron chi connectivity index (χ4n) is 2.23. The van der Waals surface area contributed by atoms with Crippen molar-refractivity contribution in [2.45, 2.75) is 25.1 Å². The number of carbonyl (C=O) groups is 2. The molecule has 2 rings (SSSR count). The number of amides is 1. The normalized spacial score (nSPS) is 11.3. The maximum atomic E-state index is 12.2. The molecule has 24 heavy (non-hydrogen) atoms. The van der Waals surface area contributed by atoms with Crippen molar-refractivity contribution in [3.05, 3.63) is 71.8 Å². The summed E-state index contributed by atoms with van der Waals surface area (Å²) in [5.41, 5.74) is 1.47. The molecule has 0 spiro atoms. The highest BCUT2D eigenvalue weighted by molar-refractivity contribution is 6.36. The second kappa shape index (κ2) is 7.77. The highest BCUT2D eigenvalue weighted by Crippen LogP contribution is 2.23. The Bertz CT molecular complexity index is 645. The van der Waals surface area contributed by atoms with Crippen LogP contribution < -0.4 is 5.32 Å². The van der Waals surface area contributed by atoms with Crippen LogP contribution in [0.4, 0.5) is 13.2 Å². The molecule has 0 atom stereocenters. The smallest absolute Gasteiger partial charge is 0.339 e. The van der Waals surface area contributed by atoms with E-state index in [1.165, 1.54) is 0 Å². The Balaban J connectivity index is 2.14. The lowest BCUT2D eigenvalue weighted by Gasteiger charge is -2.19. The molecule has 0 saturated carbocycles. The van der Waals surface area contributed by atoms with Gasteiger partial charge in [-0.3, -0.25) is 9.59 Å². The van der Waals surface area contributed by atoms with Gasteiger partial charge in [0.25, 0.3) is 5.91 Å². The second-order valence-corrected chi connectivity index (χ2v) is 5.27. The van der Waals surface area contributed by atoms with Crippen LogP contribution in [0.2, 0.25) is 0 Å². The quantitative estimate of drug-likeness (QED) is 0.816. The van der Waals surface area contributed by atoms with Crippen molar-refractivity contribution in [1.29, 1.82) is 0 Å². The van der Waals surface area contributed by atoms with Crippen molar-refractivity contribution in [3.8, 4) is 0 Å². The number of carbonyl (C=O) groups excluding carboxylic acids is 2. The number of benzene rings is 2. The van der Waals surface area contributed by atoms with Crippen LogP contribution in [-0.2, 0) is 9.59 Å². The third-order valence-electron chi connectivity index (χ3n) is 3.43. The SMILES string of the molecule is O=C(CCC(F)(F)F)C(=O)NC(c1ccccc1)c1ccccc1. The van der Waals surface area contributed by atoms with Gasteiger partial charge in [-0.25, -0.2) is 0 Å². The summed E-state index contributed by atoms with van der Waals surface area (Å²) in [5, 5.41) is 2.53. The number of halogens is 3. The minimum atomic E-state index is -4.46. The molecule has 0 aliphatic carbocycles. The van der Waals surface area contributed by atoms with Crippen molar-refractivity contribution in [2.24, 2.45) is 0 Å². The first-order valence-electron chi connectivity index (χ1n) is 7.37. The number of alkyl halides is 3. The Kier molecular flexibility index (Phi) is 5.73. The van der Waals surface area contributed by atoms with E-state index in [-0.39, 0.29) is 0 Å². The third kappa shape index (κ3) is 5.22. The number of ketones is 1. The second-order valence-electron chi connectivity index (χ2n) is 5.27.